The predicted molar refractivity (Wildman–Crippen MR) is 188 cm³/mol. The molecule has 9 atom stereocenters. The van der Waals surface area contributed by atoms with Crippen LogP contribution in [-0.4, -0.2) is 62.5 Å². The lowest BCUT2D eigenvalue weighted by atomic mass is 9.49. The number of aromatic hydroxyl groups is 1. The molecule has 2 aromatic carbocycles. The van der Waals surface area contributed by atoms with Crippen molar-refractivity contribution in [2.75, 3.05) is 11.9 Å². The minimum atomic E-state index is -1.42. The molecule has 2 aliphatic heterocycles. The van der Waals surface area contributed by atoms with Gasteiger partial charge in [0, 0.05) is 54.6 Å². The number of anilines is 1. The first-order valence-corrected chi connectivity index (χ1v) is 18.3. The number of nitrogens with one attached hydrogen (secondary N) is 1. The molecule has 5 aliphatic rings. The molecular formula is C41H47NO9. The number of cyclic esters (lactones) is 1. The van der Waals surface area contributed by atoms with Crippen molar-refractivity contribution < 1.29 is 44.3 Å². The number of allylic oxidation sites excluding steroid dienone is 1. The molecule has 6 bridgehead atoms. The number of hydrogen-bond donors (Lipinski definition) is 5. The SMILES string of the molecule is C/C=C1/C[C@@H](c2cc(CO)cc(NC[C@H](C)O)c2)C#C[C@H]2CC(=O)Oc3cc(O)c(cc32)C[C@H]([C@]2(O)CC[C@H]3CC[C@@H]4CC(=O)C[C@H]3[C@@H]42)OC1=O. The van der Waals surface area contributed by atoms with E-state index in [2.05, 4.69) is 17.2 Å². The highest BCUT2D eigenvalue weighted by atomic mass is 16.6. The van der Waals surface area contributed by atoms with Crippen LogP contribution in [-0.2, 0) is 32.1 Å². The maximum Gasteiger partial charge on any atom is 0.334 e. The van der Waals surface area contributed by atoms with Gasteiger partial charge >= 0.3 is 11.9 Å². The second-order valence-electron chi connectivity index (χ2n) is 15.3. The summed E-state index contributed by atoms with van der Waals surface area (Å²) < 4.78 is 12.0. The summed E-state index contributed by atoms with van der Waals surface area (Å²) in [5.41, 5.74) is 2.02. The molecule has 0 radical (unpaired) electrons. The third-order valence-electron chi connectivity index (χ3n) is 12.0. The highest BCUT2D eigenvalue weighted by molar-refractivity contribution is 5.89. The summed E-state index contributed by atoms with van der Waals surface area (Å²) in [7, 11) is 0. The number of benzene rings is 2. The molecule has 3 fully saturated rings. The van der Waals surface area contributed by atoms with Crippen LogP contribution < -0.4 is 10.1 Å². The second-order valence-corrected chi connectivity index (χ2v) is 15.3. The first-order chi connectivity index (χ1) is 24.4. The van der Waals surface area contributed by atoms with Crippen molar-refractivity contribution in [3.05, 3.63) is 64.2 Å². The molecule has 5 N–H and O–H groups in total. The number of rotatable bonds is 6. The summed E-state index contributed by atoms with van der Waals surface area (Å²) >= 11 is 0. The van der Waals surface area contributed by atoms with Gasteiger partial charge in [0.05, 0.1) is 25.0 Å². The number of phenols is 1. The van der Waals surface area contributed by atoms with Crippen molar-refractivity contribution in [3.8, 4) is 23.3 Å². The van der Waals surface area contributed by atoms with Gasteiger partial charge in [-0.1, -0.05) is 24.0 Å². The predicted octanol–water partition coefficient (Wildman–Crippen LogP) is 4.81. The Morgan fingerprint density at radius 3 is 2.53 bits per heavy atom. The minimum absolute atomic E-state index is 0.00333. The number of ether oxygens (including phenoxy) is 2. The van der Waals surface area contributed by atoms with Crippen LogP contribution in [0.4, 0.5) is 5.69 Å². The van der Waals surface area contributed by atoms with E-state index in [1.165, 1.54) is 6.07 Å². The van der Waals surface area contributed by atoms with Gasteiger partial charge in [-0.2, -0.15) is 0 Å². The van der Waals surface area contributed by atoms with E-state index in [4.69, 9.17) is 9.47 Å². The van der Waals surface area contributed by atoms with Gasteiger partial charge in [-0.05, 0) is 105 Å². The van der Waals surface area contributed by atoms with Crippen molar-refractivity contribution >= 4 is 23.4 Å². The highest BCUT2D eigenvalue weighted by Gasteiger charge is 2.60. The molecule has 2 aromatic rings. The Kier molecular flexibility index (Phi) is 9.74. The third kappa shape index (κ3) is 6.92. The number of ketones is 1. The molecule has 270 valence electrons. The van der Waals surface area contributed by atoms with Gasteiger partial charge in [0.25, 0.3) is 0 Å². The van der Waals surface area contributed by atoms with Gasteiger partial charge in [0.2, 0.25) is 0 Å². The third-order valence-corrected chi connectivity index (χ3v) is 12.0. The minimum Gasteiger partial charge on any atom is -0.508 e. The van der Waals surface area contributed by atoms with Crippen LogP contribution in [0.2, 0.25) is 0 Å². The summed E-state index contributed by atoms with van der Waals surface area (Å²) in [5.74, 6) is 4.88. The molecule has 0 aromatic heterocycles. The van der Waals surface area contributed by atoms with Gasteiger partial charge in [-0.3, -0.25) is 9.59 Å². The lowest BCUT2D eigenvalue weighted by Gasteiger charge is -2.58. The fourth-order valence-electron chi connectivity index (χ4n) is 9.54. The van der Waals surface area contributed by atoms with Crippen LogP contribution in [0.3, 0.4) is 0 Å². The maximum absolute atomic E-state index is 14.3. The largest absolute Gasteiger partial charge is 0.508 e. The Bertz CT molecular complexity index is 1820. The average Bonchev–Trinajstić information content (AvgIpc) is 3.09. The first-order valence-electron chi connectivity index (χ1n) is 18.3. The lowest BCUT2D eigenvalue weighted by molar-refractivity contribution is -0.212. The molecule has 0 saturated heterocycles. The zero-order valence-corrected chi connectivity index (χ0v) is 29.2. The van der Waals surface area contributed by atoms with Gasteiger partial charge < -0.3 is 35.2 Å². The zero-order chi connectivity index (χ0) is 36.0. The van der Waals surface area contributed by atoms with Crippen LogP contribution in [0.5, 0.6) is 11.5 Å². The normalized spacial score (nSPS) is 33.0. The number of phenolic OH excluding ortho intramolecular Hbond substituents is 1. The van der Waals surface area contributed by atoms with Crippen molar-refractivity contribution in [2.24, 2.45) is 23.7 Å². The molecule has 0 unspecified atom stereocenters. The molecule has 7 rings (SSSR count). The van der Waals surface area contributed by atoms with Gasteiger partial charge in [-0.25, -0.2) is 4.79 Å². The van der Waals surface area contributed by atoms with E-state index >= 15 is 0 Å². The molecule has 0 spiro atoms. The Balaban J connectivity index is 1.33. The fraction of sp³-hybridized carbons (Fsp3) is 0.537. The standard InChI is InChI=1S/C41H47NO9/c1-3-24-12-26(29-10-23(21-43)11-31(13-29)42-20-22(2)44)5-6-27-17-38(47)50-36-19-35(46)30(15-33(27)36)16-37(51-40(24)48)41(49)9-8-25-4-7-28-14-32(45)18-34(25)39(28)41/h3,10-11,13,15,19,22,25-28,34,37,39,42-44,46,49H,4,7-9,12,14,16-18,20-21H2,1-2H3/b24-3-/t22-,25+,26-,27-,28+,34+,37+,39+,41+/m0/s1. The molecule has 10 heteroatoms. The number of Topliss-reactive ketones (excluding diaryl/α,β-unsaturated/α-hetero) is 1. The Labute approximate surface area is 298 Å². The van der Waals surface area contributed by atoms with Crippen LogP contribution in [0.1, 0.15) is 99.3 Å². The van der Waals surface area contributed by atoms with Crippen LogP contribution in [0, 0.1) is 35.5 Å². The Hall–Kier alpha value is -4.17. The van der Waals surface area contributed by atoms with Crippen molar-refractivity contribution in [2.45, 2.75) is 108 Å². The monoisotopic (exact) mass is 697 g/mol. The van der Waals surface area contributed by atoms with Crippen LogP contribution in [0.25, 0.3) is 0 Å². The Morgan fingerprint density at radius 2 is 1.76 bits per heavy atom. The van der Waals surface area contributed by atoms with Crippen LogP contribution >= 0.6 is 0 Å². The molecule has 3 aliphatic carbocycles. The molecule has 51 heavy (non-hydrogen) atoms. The molecule has 0 amide bonds. The van der Waals surface area contributed by atoms with E-state index in [1.54, 1.807) is 32.1 Å². The smallest absolute Gasteiger partial charge is 0.334 e. The fourth-order valence-corrected chi connectivity index (χ4v) is 9.54. The van der Waals surface area contributed by atoms with E-state index in [9.17, 15) is 34.8 Å². The number of aliphatic hydroxyl groups is 3. The van der Waals surface area contributed by atoms with Gasteiger partial charge in [0.1, 0.15) is 29.0 Å². The quantitative estimate of drug-likeness (QED) is 0.123. The van der Waals surface area contributed by atoms with Gasteiger partial charge in [0.15, 0.2) is 0 Å². The van der Waals surface area contributed by atoms with Gasteiger partial charge in [-0.15, -0.1) is 0 Å². The Morgan fingerprint density at radius 1 is 0.980 bits per heavy atom. The lowest BCUT2D eigenvalue weighted by Crippen LogP contribution is -2.63. The second kappa shape index (κ2) is 14.1. The van der Waals surface area contributed by atoms with E-state index in [-0.39, 0.29) is 67.5 Å². The highest BCUT2D eigenvalue weighted by Crippen LogP contribution is 2.58. The number of aliphatic hydroxyl groups excluding tert-OH is 2. The molecule has 3 saturated carbocycles. The van der Waals surface area contributed by atoms with Crippen LogP contribution in [0.15, 0.2) is 42.0 Å². The molecular weight excluding hydrogens is 650 g/mol. The average molecular weight is 698 g/mol. The summed E-state index contributed by atoms with van der Waals surface area (Å²) in [5, 5.41) is 47.3. The molecule has 2 heterocycles. The van der Waals surface area contributed by atoms with E-state index in [1.807, 2.05) is 12.1 Å². The van der Waals surface area contributed by atoms with Crippen molar-refractivity contribution in [1.82, 2.24) is 0 Å². The van der Waals surface area contributed by atoms with E-state index in [0.29, 0.717) is 53.1 Å². The van der Waals surface area contributed by atoms with Crippen molar-refractivity contribution in [1.29, 1.82) is 0 Å². The maximum atomic E-state index is 14.3. The summed E-state index contributed by atoms with van der Waals surface area (Å²) in [6.45, 7) is 3.47. The number of esters is 2. The number of fused-ring (bicyclic) bond motifs is 1. The van der Waals surface area contributed by atoms with E-state index in [0.717, 1.165) is 24.8 Å². The number of hydrogen-bond acceptors (Lipinski definition) is 10. The summed E-state index contributed by atoms with van der Waals surface area (Å²) in [6, 6.07) is 8.66. The topological polar surface area (TPSA) is 163 Å². The number of carbonyl (C=O) groups is 3. The summed E-state index contributed by atoms with van der Waals surface area (Å²) in [6.07, 6.45) is 4.08. The molecule has 10 nitrogen and oxygen atoms in total. The zero-order valence-electron chi connectivity index (χ0n) is 29.2. The number of carbonyl (C=O) groups excluding carboxylic acids is 3. The summed E-state index contributed by atoms with van der Waals surface area (Å²) in [4.78, 5) is 39.8. The van der Waals surface area contributed by atoms with E-state index < -0.39 is 41.6 Å². The van der Waals surface area contributed by atoms with Crippen molar-refractivity contribution in [3.63, 3.8) is 0 Å². The first kappa shape index (κ1) is 35.2.